The first-order valence-electron chi connectivity index (χ1n) is 15.8. The molecule has 0 bridgehead atoms. The summed E-state index contributed by atoms with van der Waals surface area (Å²) in [5.41, 5.74) is 9.43. The largest absolute Gasteiger partial charge is 0.425 e. The number of nitrogens with two attached hydrogens (primary N) is 1. The number of para-hydroxylation sites is 2. The molecular formula is C35H52N2O2. The average molecular weight is 533 g/mol. The number of aromatic amines is 1. The zero-order chi connectivity index (χ0) is 27.5. The van der Waals surface area contributed by atoms with Crippen molar-refractivity contribution in [3.63, 3.8) is 0 Å². The van der Waals surface area contributed by atoms with Crippen molar-refractivity contribution in [1.82, 2.24) is 4.98 Å². The lowest BCUT2D eigenvalue weighted by molar-refractivity contribution is -0.135. The Labute approximate surface area is 237 Å². The van der Waals surface area contributed by atoms with E-state index < -0.39 is 6.04 Å². The lowest BCUT2D eigenvalue weighted by Gasteiger charge is -2.14. The van der Waals surface area contributed by atoms with Gasteiger partial charge in [-0.15, -0.1) is 0 Å². The Balaban J connectivity index is 1.25. The standard InChI is InChI=1S/C35H52N2O2/c1-2-3-4-5-6-7-8-9-10-11-12-13-14-15-16-17-22-29-23-18-21-26-34(29)39-35(38)32(36)27-30-28-37-33-25-20-19-24-31(30)33/h18-21,23-26,28,32,37H,2-17,22,27,36H2,1H3/t32-/m0/s1. The van der Waals surface area contributed by atoms with Crippen LogP contribution in [0.15, 0.2) is 54.7 Å². The van der Waals surface area contributed by atoms with E-state index in [9.17, 15) is 4.79 Å². The monoisotopic (exact) mass is 532 g/mol. The molecule has 214 valence electrons. The Morgan fingerprint density at radius 2 is 1.26 bits per heavy atom. The zero-order valence-corrected chi connectivity index (χ0v) is 24.4. The van der Waals surface area contributed by atoms with Crippen molar-refractivity contribution >= 4 is 16.9 Å². The highest BCUT2D eigenvalue weighted by molar-refractivity contribution is 5.85. The van der Waals surface area contributed by atoms with Gasteiger partial charge in [0.25, 0.3) is 0 Å². The first-order valence-corrected chi connectivity index (χ1v) is 15.8. The Kier molecular flexibility index (Phi) is 14.8. The molecule has 0 aliphatic rings. The van der Waals surface area contributed by atoms with Gasteiger partial charge in [0, 0.05) is 23.5 Å². The Morgan fingerprint density at radius 3 is 1.90 bits per heavy atom. The number of carbonyl (C=O) groups excluding carboxylic acids is 1. The van der Waals surface area contributed by atoms with Crippen LogP contribution < -0.4 is 10.5 Å². The fourth-order valence-electron chi connectivity index (χ4n) is 5.48. The van der Waals surface area contributed by atoms with E-state index in [4.69, 9.17) is 10.5 Å². The lowest BCUT2D eigenvalue weighted by Crippen LogP contribution is -2.36. The summed E-state index contributed by atoms with van der Waals surface area (Å²) >= 11 is 0. The van der Waals surface area contributed by atoms with E-state index in [0.29, 0.717) is 12.2 Å². The SMILES string of the molecule is CCCCCCCCCCCCCCCCCCc1ccccc1OC(=O)[C@@H](N)Cc1c[nH]c2ccccc12. The van der Waals surface area contributed by atoms with Gasteiger partial charge in [-0.2, -0.15) is 0 Å². The predicted molar refractivity (Wildman–Crippen MR) is 165 cm³/mol. The maximum absolute atomic E-state index is 12.8. The minimum Gasteiger partial charge on any atom is -0.425 e. The predicted octanol–water partition coefficient (Wildman–Crippen LogP) is 9.45. The van der Waals surface area contributed by atoms with Gasteiger partial charge in [0.15, 0.2) is 0 Å². The fourth-order valence-corrected chi connectivity index (χ4v) is 5.48. The number of fused-ring (bicyclic) bond motifs is 1. The molecule has 0 aliphatic heterocycles. The van der Waals surface area contributed by atoms with Crippen LogP contribution in [0.25, 0.3) is 10.9 Å². The smallest absolute Gasteiger partial charge is 0.328 e. The van der Waals surface area contributed by atoms with Gasteiger partial charge in [-0.1, -0.05) is 140 Å². The van der Waals surface area contributed by atoms with Crippen molar-refractivity contribution in [1.29, 1.82) is 0 Å². The molecule has 1 atom stereocenters. The number of H-pyrrole nitrogens is 1. The molecule has 0 amide bonds. The third-order valence-electron chi connectivity index (χ3n) is 7.90. The van der Waals surface area contributed by atoms with Gasteiger partial charge in [-0.05, 0) is 36.1 Å². The Bertz CT molecular complexity index is 1070. The summed E-state index contributed by atoms with van der Waals surface area (Å²) in [6.07, 6.45) is 25.2. The number of carbonyl (C=O) groups is 1. The molecule has 4 heteroatoms. The Hall–Kier alpha value is -2.59. The van der Waals surface area contributed by atoms with Gasteiger partial charge in [0.2, 0.25) is 0 Å². The molecule has 0 radical (unpaired) electrons. The topological polar surface area (TPSA) is 68.1 Å². The number of nitrogens with one attached hydrogen (secondary N) is 1. The lowest BCUT2D eigenvalue weighted by atomic mass is 10.0. The van der Waals surface area contributed by atoms with Gasteiger partial charge in [-0.25, -0.2) is 4.79 Å². The molecule has 1 heterocycles. The molecule has 2 aromatic carbocycles. The van der Waals surface area contributed by atoms with Crippen molar-refractivity contribution in [3.8, 4) is 5.75 Å². The van der Waals surface area contributed by atoms with E-state index in [1.807, 2.05) is 48.7 Å². The maximum Gasteiger partial charge on any atom is 0.328 e. The maximum atomic E-state index is 12.8. The van der Waals surface area contributed by atoms with Crippen LogP contribution in [0.3, 0.4) is 0 Å². The highest BCUT2D eigenvalue weighted by Gasteiger charge is 2.19. The average Bonchev–Trinajstić information content (AvgIpc) is 3.36. The minimum absolute atomic E-state index is 0.375. The molecule has 0 unspecified atom stereocenters. The summed E-state index contributed by atoms with van der Waals surface area (Å²) in [5.74, 6) is 0.276. The van der Waals surface area contributed by atoms with Gasteiger partial charge in [-0.3, -0.25) is 0 Å². The summed E-state index contributed by atoms with van der Waals surface area (Å²) < 4.78 is 5.77. The van der Waals surface area contributed by atoms with Gasteiger partial charge >= 0.3 is 5.97 Å². The highest BCUT2D eigenvalue weighted by atomic mass is 16.5. The zero-order valence-electron chi connectivity index (χ0n) is 24.4. The molecular weight excluding hydrogens is 480 g/mol. The van der Waals surface area contributed by atoms with E-state index in [1.165, 1.54) is 96.3 Å². The number of aryl methyl sites for hydroxylation is 1. The fraction of sp³-hybridized carbons (Fsp3) is 0.571. The first kappa shape index (κ1) is 30.9. The second kappa shape index (κ2) is 18.7. The number of hydrogen-bond acceptors (Lipinski definition) is 3. The summed E-state index contributed by atoms with van der Waals surface area (Å²) in [5, 5.41) is 1.10. The molecule has 3 aromatic rings. The van der Waals surface area contributed by atoms with Crippen molar-refractivity contribution in [2.45, 2.75) is 129 Å². The quantitative estimate of drug-likeness (QED) is 0.0815. The van der Waals surface area contributed by atoms with E-state index in [-0.39, 0.29) is 5.97 Å². The van der Waals surface area contributed by atoms with E-state index in [2.05, 4.69) is 18.0 Å². The second-order valence-corrected chi connectivity index (χ2v) is 11.3. The molecule has 0 saturated heterocycles. The van der Waals surface area contributed by atoms with Crippen LogP contribution in [-0.4, -0.2) is 17.0 Å². The van der Waals surface area contributed by atoms with Crippen LogP contribution in [0.5, 0.6) is 5.75 Å². The molecule has 3 N–H and O–H groups in total. The summed E-state index contributed by atoms with van der Waals surface area (Å²) in [7, 11) is 0. The van der Waals surface area contributed by atoms with E-state index in [1.54, 1.807) is 0 Å². The molecule has 0 aliphatic carbocycles. The number of rotatable bonds is 21. The first-order chi connectivity index (χ1) is 19.2. The van der Waals surface area contributed by atoms with Gasteiger partial charge in [0.1, 0.15) is 11.8 Å². The summed E-state index contributed by atoms with van der Waals surface area (Å²) in [4.78, 5) is 16.0. The van der Waals surface area contributed by atoms with Crippen LogP contribution in [0.1, 0.15) is 121 Å². The molecule has 0 spiro atoms. The third kappa shape index (κ3) is 11.6. The normalized spacial score (nSPS) is 12.2. The molecule has 4 nitrogen and oxygen atoms in total. The minimum atomic E-state index is -0.701. The van der Waals surface area contributed by atoms with E-state index in [0.717, 1.165) is 34.9 Å². The van der Waals surface area contributed by atoms with E-state index >= 15 is 0 Å². The van der Waals surface area contributed by atoms with Crippen molar-refractivity contribution < 1.29 is 9.53 Å². The van der Waals surface area contributed by atoms with Crippen molar-refractivity contribution in [3.05, 3.63) is 65.9 Å². The van der Waals surface area contributed by atoms with Crippen molar-refractivity contribution in [2.75, 3.05) is 0 Å². The highest BCUT2D eigenvalue weighted by Crippen LogP contribution is 2.23. The third-order valence-corrected chi connectivity index (χ3v) is 7.90. The number of esters is 1. The van der Waals surface area contributed by atoms with Crippen LogP contribution in [0.4, 0.5) is 0 Å². The van der Waals surface area contributed by atoms with Crippen LogP contribution >= 0.6 is 0 Å². The molecule has 3 rings (SSSR count). The van der Waals surface area contributed by atoms with Crippen LogP contribution in [0.2, 0.25) is 0 Å². The molecule has 1 aromatic heterocycles. The van der Waals surface area contributed by atoms with Crippen molar-refractivity contribution in [2.24, 2.45) is 5.73 Å². The van der Waals surface area contributed by atoms with Crippen LogP contribution in [0, 0.1) is 0 Å². The van der Waals surface area contributed by atoms with Gasteiger partial charge in [0.05, 0.1) is 0 Å². The second-order valence-electron chi connectivity index (χ2n) is 11.3. The number of hydrogen-bond donors (Lipinski definition) is 2. The molecule has 0 saturated carbocycles. The Morgan fingerprint density at radius 1 is 0.718 bits per heavy atom. The number of ether oxygens (including phenoxy) is 1. The number of unbranched alkanes of at least 4 members (excludes halogenated alkanes) is 15. The summed E-state index contributed by atoms with van der Waals surface area (Å²) in [6, 6.07) is 15.3. The molecule has 0 fully saturated rings. The summed E-state index contributed by atoms with van der Waals surface area (Å²) in [6.45, 7) is 2.28. The van der Waals surface area contributed by atoms with Crippen LogP contribution in [-0.2, 0) is 17.6 Å². The number of benzene rings is 2. The molecule has 39 heavy (non-hydrogen) atoms. The number of aromatic nitrogens is 1. The van der Waals surface area contributed by atoms with Gasteiger partial charge < -0.3 is 15.5 Å².